The van der Waals surface area contributed by atoms with Crippen LogP contribution in [-0.4, -0.2) is 57.3 Å². The highest BCUT2D eigenvalue weighted by molar-refractivity contribution is 7.84. The third kappa shape index (κ3) is 3.02. The van der Waals surface area contributed by atoms with Crippen LogP contribution in [0.25, 0.3) is 0 Å². The Balaban J connectivity index is 2.14. The molecule has 9 nitrogen and oxygen atoms in total. The van der Waals surface area contributed by atoms with Crippen LogP contribution in [0.3, 0.4) is 0 Å². The first-order valence-electron chi connectivity index (χ1n) is 12.0. The van der Waals surface area contributed by atoms with Gasteiger partial charge in [-0.2, -0.15) is 8.42 Å². The fourth-order valence-electron chi connectivity index (χ4n) is 2.52. The van der Waals surface area contributed by atoms with E-state index in [0.717, 1.165) is 0 Å². The van der Waals surface area contributed by atoms with Gasteiger partial charge in [-0.1, -0.05) is 0 Å². The molecule has 0 bridgehead atoms. The Morgan fingerprint density at radius 2 is 1.95 bits per heavy atom. The summed E-state index contributed by atoms with van der Waals surface area (Å²) < 4.78 is 146. The maximum absolute atomic E-state index is 11.4. The van der Waals surface area contributed by atoms with Gasteiger partial charge in [0.25, 0.3) is 0 Å². The summed E-state index contributed by atoms with van der Waals surface area (Å²) in [5.41, 5.74) is 0. The molecule has 0 spiro atoms. The van der Waals surface area contributed by atoms with Crippen molar-refractivity contribution in [3.05, 3.63) is 0 Å². The summed E-state index contributed by atoms with van der Waals surface area (Å²) >= 11 is 0. The lowest BCUT2D eigenvalue weighted by Gasteiger charge is -2.40. The summed E-state index contributed by atoms with van der Waals surface area (Å²) in [5, 5.41) is 4.81. The van der Waals surface area contributed by atoms with E-state index in [1.165, 1.54) is 0 Å². The molecule has 3 saturated heterocycles. The molecular formula is C12H21NO8S. The fourth-order valence-corrected chi connectivity index (χ4v) is 2.85. The number of hydrogen-bond donors (Lipinski definition) is 1. The second kappa shape index (κ2) is 4.84. The van der Waals surface area contributed by atoms with Gasteiger partial charge in [-0.3, -0.25) is 4.18 Å². The summed E-state index contributed by atoms with van der Waals surface area (Å²) in [6, 6.07) is 0. The fraction of sp³-hybridized carbons (Fsp3) is 1.00. The molecule has 10 heteroatoms. The van der Waals surface area contributed by atoms with Crippen molar-refractivity contribution in [3.8, 4) is 0 Å². The number of ether oxygens (including phenoxy) is 5. The molecule has 22 heavy (non-hydrogen) atoms. The summed E-state index contributed by atoms with van der Waals surface area (Å²) in [5.74, 6) is -9.31. The molecule has 3 fully saturated rings. The van der Waals surface area contributed by atoms with Crippen LogP contribution in [0.5, 0.6) is 0 Å². The third-order valence-electron chi connectivity index (χ3n) is 3.24. The van der Waals surface area contributed by atoms with E-state index in [0.29, 0.717) is 0 Å². The van der Waals surface area contributed by atoms with Crippen LogP contribution < -0.4 is 5.14 Å². The summed E-state index contributed by atoms with van der Waals surface area (Å²) in [6.45, 7) is -15.9. The number of hydrogen-bond acceptors (Lipinski definition) is 8. The van der Waals surface area contributed by atoms with Crippen molar-refractivity contribution in [1.29, 1.82) is 0 Å². The van der Waals surface area contributed by atoms with E-state index in [1.807, 2.05) is 0 Å². The van der Waals surface area contributed by atoms with Crippen molar-refractivity contribution < 1.29 is 52.7 Å². The van der Waals surface area contributed by atoms with Gasteiger partial charge in [0.2, 0.25) is 5.79 Å². The van der Waals surface area contributed by atoms with Crippen LogP contribution in [-0.2, 0) is 38.2 Å². The first kappa shape index (κ1) is 7.28. The van der Waals surface area contributed by atoms with Crippen LogP contribution >= 0.6 is 0 Å². The van der Waals surface area contributed by atoms with Gasteiger partial charge < -0.3 is 23.7 Å². The Morgan fingerprint density at radius 1 is 1.23 bits per heavy atom. The topological polar surface area (TPSA) is 116 Å². The molecule has 0 saturated carbocycles. The molecule has 0 aromatic heterocycles. The van der Waals surface area contributed by atoms with E-state index in [1.54, 1.807) is 0 Å². The molecule has 3 rings (SSSR count). The zero-order chi connectivity index (χ0) is 26.4. The number of rotatable bonds is 3. The molecular weight excluding hydrogens is 318 g/mol. The number of fused-ring (bicyclic) bond motifs is 3. The molecule has 3 aliphatic heterocycles. The van der Waals surface area contributed by atoms with Gasteiger partial charge in [0.15, 0.2) is 11.6 Å². The minimum absolute atomic E-state index is 0.746. The first-order chi connectivity index (χ1) is 14.9. The Labute approximate surface area is 146 Å². The smallest absolute Gasteiger partial charge is 0.333 e. The van der Waals surface area contributed by atoms with Crippen molar-refractivity contribution in [2.45, 2.75) is 63.1 Å². The molecule has 4 atom stereocenters. The quantitative estimate of drug-likeness (QED) is 0.730. The van der Waals surface area contributed by atoms with Gasteiger partial charge in [0, 0.05) is 16.4 Å². The van der Waals surface area contributed by atoms with Crippen LogP contribution in [0.4, 0.5) is 0 Å². The van der Waals surface area contributed by atoms with Gasteiger partial charge in [0.05, 0.1) is 6.61 Å². The van der Waals surface area contributed by atoms with Crippen molar-refractivity contribution in [2.75, 3.05) is 13.2 Å². The van der Waals surface area contributed by atoms with Crippen LogP contribution in [0.15, 0.2) is 0 Å². The van der Waals surface area contributed by atoms with Gasteiger partial charge in [-0.05, 0) is 27.4 Å². The molecule has 128 valence electrons. The summed E-state index contributed by atoms with van der Waals surface area (Å²) in [7, 11) is -4.72. The Hall–Kier alpha value is -0.330. The zero-order valence-electron chi connectivity index (χ0n) is 22.9. The molecule has 0 aliphatic carbocycles. The van der Waals surface area contributed by atoms with Crippen molar-refractivity contribution in [1.82, 2.24) is 0 Å². The SMILES string of the molecule is [2H]C([2H])([2H])C1(C([2H])([2H])[2H])OC2CO[C@@]3(COS(N)(=O)=O)OC(C([2H])([2H])[2H])(C([2H])([2H])[2H])O[C@H]3C2O1. The van der Waals surface area contributed by atoms with E-state index < -0.39 is 86.6 Å². The number of nitrogens with two attached hydrogens (primary N) is 1. The standard InChI is InChI=1S/C12H21NO8S/c1-10(2)18-7-5-16-12(6-17-22(13,14)15)9(8(7)19-10)20-11(3,4)21-12/h7-9H,5-6H2,1-4H3,(H2,13,14,15)/t7?,8?,9-,12-/m0/s1/i1D3,2D3,3D3,4D3. The highest BCUT2D eigenvalue weighted by Gasteiger charge is 2.65. The Bertz CT molecular complexity index is 886. The molecule has 2 N–H and O–H groups in total. The van der Waals surface area contributed by atoms with E-state index >= 15 is 0 Å². The van der Waals surface area contributed by atoms with Crippen LogP contribution in [0, 0.1) is 0 Å². The van der Waals surface area contributed by atoms with Crippen molar-refractivity contribution in [3.63, 3.8) is 0 Å². The lowest BCUT2D eigenvalue weighted by Crippen LogP contribution is -2.60. The highest BCUT2D eigenvalue weighted by atomic mass is 32.2. The molecule has 0 aromatic rings. The van der Waals surface area contributed by atoms with E-state index in [2.05, 4.69) is 4.18 Å². The van der Waals surface area contributed by atoms with Crippen molar-refractivity contribution >= 4 is 10.3 Å². The lowest BCUT2D eigenvalue weighted by atomic mass is 9.98. The van der Waals surface area contributed by atoms with Gasteiger partial charge in [-0.15, -0.1) is 0 Å². The summed E-state index contributed by atoms with van der Waals surface area (Å²) in [4.78, 5) is 0. The van der Waals surface area contributed by atoms with Crippen LogP contribution in [0.2, 0.25) is 0 Å². The minimum Gasteiger partial charge on any atom is -0.343 e. The average Bonchev–Trinajstić information content (AvgIpc) is 3.15. The molecule has 3 heterocycles. The normalized spacial score (nSPS) is 53.2. The molecule has 0 amide bonds. The second-order valence-electron chi connectivity index (χ2n) is 4.99. The molecule has 0 aromatic carbocycles. The van der Waals surface area contributed by atoms with E-state index in [9.17, 15) is 8.42 Å². The van der Waals surface area contributed by atoms with E-state index in [4.69, 9.17) is 45.3 Å². The molecule has 0 radical (unpaired) electrons. The van der Waals surface area contributed by atoms with Gasteiger partial charge in [-0.25, -0.2) is 5.14 Å². The average molecular weight is 351 g/mol. The summed E-state index contributed by atoms with van der Waals surface area (Å²) in [6.07, 6.45) is -5.37. The predicted octanol–water partition coefficient (Wildman–Crippen LogP) is -0.395. The maximum Gasteiger partial charge on any atom is 0.333 e. The van der Waals surface area contributed by atoms with E-state index in [-0.39, 0.29) is 0 Å². The Kier molecular flexibility index (Phi) is 1.60. The second-order valence-corrected chi connectivity index (χ2v) is 6.21. The molecule has 3 aliphatic rings. The maximum atomic E-state index is 11.4. The highest BCUT2D eigenvalue weighted by Crippen LogP contribution is 2.47. The predicted molar refractivity (Wildman–Crippen MR) is 71.6 cm³/mol. The van der Waals surface area contributed by atoms with Gasteiger partial charge in [0.1, 0.15) is 24.9 Å². The van der Waals surface area contributed by atoms with Crippen LogP contribution in [0.1, 0.15) is 43.9 Å². The van der Waals surface area contributed by atoms with Gasteiger partial charge >= 0.3 is 10.3 Å². The van der Waals surface area contributed by atoms with Crippen molar-refractivity contribution in [2.24, 2.45) is 5.14 Å². The monoisotopic (exact) mass is 351 g/mol. The first-order valence-corrected chi connectivity index (χ1v) is 7.43. The molecule has 2 unspecified atom stereocenters. The lowest BCUT2D eigenvalue weighted by molar-refractivity contribution is -0.290. The minimum atomic E-state index is -4.72. The largest absolute Gasteiger partial charge is 0.343 e. The Morgan fingerprint density at radius 3 is 2.59 bits per heavy atom. The third-order valence-corrected chi connectivity index (χ3v) is 3.69. The zero-order valence-corrected chi connectivity index (χ0v) is 11.7.